The van der Waals surface area contributed by atoms with Gasteiger partial charge in [0.25, 0.3) is 0 Å². The fourth-order valence-electron chi connectivity index (χ4n) is 2.18. The van der Waals surface area contributed by atoms with Gasteiger partial charge in [-0.2, -0.15) is 15.0 Å². The van der Waals surface area contributed by atoms with Gasteiger partial charge in [-0.25, -0.2) is 0 Å². The highest BCUT2D eigenvalue weighted by molar-refractivity contribution is 7.98. The molecular formula is C12H21N5S. The second kappa shape index (κ2) is 6.78. The van der Waals surface area contributed by atoms with E-state index in [1.807, 2.05) is 13.2 Å². The topological polar surface area (TPSA) is 62.7 Å². The molecule has 0 spiro atoms. The summed E-state index contributed by atoms with van der Waals surface area (Å²) in [6, 6.07) is 0.519. The number of aromatic nitrogens is 3. The van der Waals surface area contributed by atoms with E-state index in [1.54, 1.807) is 11.8 Å². The number of hydrogen-bond donors (Lipinski definition) is 2. The van der Waals surface area contributed by atoms with E-state index >= 15 is 0 Å². The second-order valence-electron chi connectivity index (χ2n) is 4.48. The van der Waals surface area contributed by atoms with Crippen LogP contribution in [0.1, 0.15) is 39.0 Å². The highest BCUT2D eigenvalue weighted by Crippen LogP contribution is 2.21. The maximum Gasteiger partial charge on any atom is 0.228 e. The molecule has 0 amide bonds. The van der Waals surface area contributed by atoms with Crippen molar-refractivity contribution in [1.29, 1.82) is 0 Å². The minimum Gasteiger partial charge on any atom is -0.354 e. The van der Waals surface area contributed by atoms with Gasteiger partial charge in [0, 0.05) is 12.6 Å². The molecule has 1 aliphatic carbocycles. The summed E-state index contributed by atoms with van der Waals surface area (Å²) >= 11 is 1.54. The maximum atomic E-state index is 4.42. The first-order valence-electron chi connectivity index (χ1n) is 6.62. The lowest BCUT2D eigenvalue weighted by Crippen LogP contribution is -2.24. The minimum absolute atomic E-state index is 0.519. The largest absolute Gasteiger partial charge is 0.354 e. The predicted octanol–water partition coefficient (Wildman–Crippen LogP) is 2.77. The monoisotopic (exact) mass is 267 g/mol. The molecule has 1 heterocycles. The third-order valence-corrected chi connectivity index (χ3v) is 3.62. The zero-order chi connectivity index (χ0) is 12.8. The van der Waals surface area contributed by atoms with E-state index in [-0.39, 0.29) is 0 Å². The SMILES string of the molecule is CCNc1nc(NC2CCCCC2)nc(SC)n1. The molecule has 2 rings (SSSR count). The summed E-state index contributed by atoms with van der Waals surface area (Å²) in [7, 11) is 0. The van der Waals surface area contributed by atoms with E-state index in [2.05, 4.69) is 25.6 Å². The molecule has 0 saturated heterocycles. The lowest BCUT2D eigenvalue weighted by Gasteiger charge is -2.22. The fraction of sp³-hybridized carbons (Fsp3) is 0.750. The number of rotatable bonds is 5. The van der Waals surface area contributed by atoms with E-state index in [4.69, 9.17) is 0 Å². The number of thioether (sulfide) groups is 1. The van der Waals surface area contributed by atoms with E-state index in [0.29, 0.717) is 17.9 Å². The van der Waals surface area contributed by atoms with Crippen molar-refractivity contribution in [3.63, 3.8) is 0 Å². The molecule has 0 atom stereocenters. The Morgan fingerprint density at radius 1 is 1.11 bits per heavy atom. The van der Waals surface area contributed by atoms with Gasteiger partial charge in [0.15, 0.2) is 5.16 Å². The van der Waals surface area contributed by atoms with Crippen LogP contribution in [0.4, 0.5) is 11.9 Å². The Labute approximate surface area is 113 Å². The first kappa shape index (κ1) is 13.4. The molecule has 5 nitrogen and oxygen atoms in total. The summed E-state index contributed by atoms with van der Waals surface area (Å²) in [5.74, 6) is 1.37. The van der Waals surface area contributed by atoms with Gasteiger partial charge in [-0.1, -0.05) is 31.0 Å². The molecule has 1 aliphatic rings. The third kappa shape index (κ3) is 3.73. The van der Waals surface area contributed by atoms with Gasteiger partial charge in [-0.05, 0) is 26.0 Å². The Bertz CT molecular complexity index is 379. The summed E-state index contributed by atoms with van der Waals surface area (Å²) in [6.07, 6.45) is 8.38. The van der Waals surface area contributed by atoms with Crippen LogP contribution in [0.2, 0.25) is 0 Å². The van der Waals surface area contributed by atoms with E-state index in [9.17, 15) is 0 Å². The predicted molar refractivity (Wildman–Crippen MR) is 76.3 cm³/mol. The molecule has 1 fully saturated rings. The average Bonchev–Trinajstić information content (AvgIpc) is 2.40. The molecule has 0 bridgehead atoms. The Kier molecular flexibility index (Phi) is 5.04. The lowest BCUT2D eigenvalue weighted by molar-refractivity contribution is 0.460. The van der Waals surface area contributed by atoms with Crippen LogP contribution >= 0.6 is 11.8 Å². The van der Waals surface area contributed by atoms with Crippen molar-refractivity contribution in [3.8, 4) is 0 Å². The van der Waals surface area contributed by atoms with Crippen LogP contribution in [0, 0.1) is 0 Å². The smallest absolute Gasteiger partial charge is 0.228 e. The Balaban J connectivity index is 2.07. The van der Waals surface area contributed by atoms with Gasteiger partial charge >= 0.3 is 0 Å². The molecule has 0 aromatic carbocycles. The first-order chi connectivity index (χ1) is 8.81. The Morgan fingerprint density at radius 3 is 2.50 bits per heavy atom. The molecule has 18 heavy (non-hydrogen) atoms. The van der Waals surface area contributed by atoms with Gasteiger partial charge in [0.2, 0.25) is 11.9 Å². The lowest BCUT2D eigenvalue weighted by atomic mass is 9.96. The summed E-state index contributed by atoms with van der Waals surface area (Å²) in [5, 5.41) is 7.35. The summed E-state index contributed by atoms with van der Waals surface area (Å²) < 4.78 is 0. The van der Waals surface area contributed by atoms with E-state index in [0.717, 1.165) is 11.7 Å². The van der Waals surface area contributed by atoms with Crippen molar-refractivity contribution in [2.45, 2.75) is 50.2 Å². The van der Waals surface area contributed by atoms with Crippen LogP contribution < -0.4 is 10.6 Å². The molecule has 0 unspecified atom stereocenters. The first-order valence-corrected chi connectivity index (χ1v) is 7.84. The summed E-state index contributed by atoms with van der Waals surface area (Å²) in [6.45, 7) is 2.86. The average molecular weight is 267 g/mol. The van der Waals surface area contributed by atoms with Gasteiger partial charge < -0.3 is 10.6 Å². The normalized spacial score (nSPS) is 16.6. The molecule has 1 saturated carbocycles. The number of hydrogen-bond acceptors (Lipinski definition) is 6. The van der Waals surface area contributed by atoms with Crippen molar-refractivity contribution in [2.24, 2.45) is 0 Å². The van der Waals surface area contributed by atoms with Crippen molar-refractivity contribution in [2.75, 3.05) is 23.4 Å². The number of nitrogens with zero attached hydrogens (tertiary/aromatic N) is 3. The molecule has 0 aliphatic heterocycles. The van der Waals surface area contributed by atoms with Crippen LogP contribution in [0.25, 0.3) is 0 Å². The molecular weight excluding hydrogens is 246 g/mol. The second-order valence-corrected chi connectivity index (χ2v) is 5.25. The number of anilines is 2. The molecule has 1 aromatic heterocycles. The fourth-order valence-corrected chi connectivity index (χ4v) is 2.53. The van der Waals surface area contributed by atoms with Crippen LogP contribution in [-0.2, 0) is 0 Å². The summed E-state index contributed by atoms with van der Waals surface area (Å²) in [5.41, 5.74) is 0. The van der Waals surface area contributed by atoms with Crippen molar-refractivity contribution < 1.29 is 0 Å². The highest BCUT2D eigenvalue weighted by Gasteiger charge is 2.15. The van der Waals surface area contributed by atoms with Gasteiger partial charge in [0.05, 0.1) is 0 Å². The van der Waals surface area contributed by atoms with Crippen LogP contribution in [0.15, 0.2) is 5.16 Å². The van der Waals surface area contributed by atoms with Gasteiger partial charge in [0.1, 0.15) is 0 Å². The molecule has 0 radical (unpaired) electrons. The molecule has 6 heteroatoms. The molecule has 2 N–H and O–H groups in total. The number of nitrogens with one attached hydrogen (secondary N) is 2. The third-order valence-electron chi connectivity index (χ3n) is 3.07. The van der Waals surface area contributed by atoms with Crippen LogP contribution in [-0.4, -0.2) is 33.8 Å². The Hall–Kier alpha value is -1.04. The summed E-state index contributed by atoms with van der Waals surface area (Å²) in [4.78, 5) is 13.1. The van der Waals surface area contributed by atoms with E-state index < -0.39 is 0 Å². The van der Waals surface area contributed by atoms with Gasteiger partial charge in [-0.3, -0.25) is 0 Å². The quantitative estimate of drug-likeness (QED) is 0.800. The van der Waals surface area contributed by atoms with Crippen molar-refractivity contribution in [3.05, 3.63) is 0 Å². The standard InChI is InChI=1S/C12H21N5S/c1-3-13-10-15-11(17-12(16-10)18-2)14-9-7-5-4-6-8-9/h9H,3-8H2,1-2H3,(H2,13,14,15,16,17). The highest BCUT2D eigenvalue weighted by atomic mass is 32.2. The van der Waals surface area contributed by atoms with Crippen molar-refractivity contribution >= 4 is 23.7 Å². The van der Waals surface area contributed by atoms with E-state index in [1.165, 1.54) is 32.1 Å². The van der Waals surface area contributed by atoms with Crippen LogP contribution in [0.5, 0.6) is 0 Å². The maximum absolute atomic E-state index is 4.42. The molecule has 100 valence electrons. The van der Waals surface area contributed by atoms with Crippen LogP contribution in [0.3, 0.4) is 0 Å². The zero-order valence-electron chi connectivity index (χ0n) is 11.1. The minimum atomic E-state index is 0.519. The van der Waals surface area contributed by atoms with Gasteiger partial charge in [-0.15, -0.1) is 0 Å². The van der Waals surface area contributed by atoms with Crippen molar-refractivity contribution in [1.82, 2.24) is 15.0 Å². The Morgan fingerprint density at radius 2 is 1.83 bits per heavy atom. The zero-order valence-corrected chi connectivity index (χ0v) is 11.9. The molecule has 1 aromatic rings.